The Morgan fingerprint density at radius 1 is 1.05 bits per heavy atom. The molecule has 0 spiro atoms. The molecule has 0 bridgehead atoms. The van der Waals surface area contributed by atoms with Crippen LogP contribution in [0.2, 0.25) is 0 Å². The van der Waals surface area contributed by atoms with Crippen molar-refractivity contribution in [2.45, 2.75) is 52.6 Å². The summed E-state index contributed by atoms with van der Waals surface area (Å²) in [4.78, 5) is 5.23. The molecule has 1 aliphatic carbocycles. The number of hydrogen-bond donors (Lipinski definition) is 1. The number of piperazine rings is 1. The third-order valence-corrected chi connectivity index (χ3v) is 5.34. The van der Waals surface area contributed by atoms with Gasteiger partial charge in [0.05, 0.1) is 0 Å². The Bertz CT molecular complexity index is 259. The summed E-state index contributed by atoms with van der Waals surface area (Å²) in [6, 6.07) is 1.11. The molecule has 1 saturated carbocycles. The lowest BCUT2D eigenvalue weighted by Gasteiger charge is -2.43. The second kappa shape index (κ2) is 6.55. The summed E-state index contributed by atoms with van der Waals surface area (Å²) in [6.45, 7) is 15.5. The van der Waals surface area contributed by atoms with E-state index >= 15 is 0 Å². The first-order valence-corrected chi connectivity index (χ1v) is 8.19. The van der Waals surface area contributed by atoms with Crippen LogP contribution in [-0.4, -0.2) is 54.6 Å². The summed E-state index contributed by atoms with van der Waals surface area (Å²) in [5, 5.41) is 0. The van der Waals surface area contributed by atoms with Gasteiger partial charge in [-0.15, -0.1) is 0 Å². The average molecular weight is 267 g/mol. The minimum Gasteiger partial charge on any atom is -0.327 e. The van der Waals surface area contributed by atoms with E-state index in [0.29, 0.717) is 18.0 Å². The quantitative estimate of drug-likeness (QED) is 0.849. The predicted molar refractivity (Wildman–Crippen MR) is 82.2 cm³/mol. The van der Waals surface area contributed by atoms with E-state index in [1.807, 2.05) is 0 Å². The van der Waals surface area contributed by atoms with Crippen LogP contribution in [0, 0.1) is 17.8 Å². The largest absolute Gasteiger partial charge is 0.327 e. The smallest absolute Gasteiger partial charge is 0.0113 e. The van der Waals surface area contributed by atoms with Gasteiger partial charge in [0.2, 0.25) is 0 Å². The van der Waals surface area contributed by atoms with Crippen molar-refractivity contribution >= 4 is 0 Å². The van der Waals surface area contributed by atoms with Gasteiger partial charge in [0, 0.05) is 44.8 Å². The van der Waals surface area contributed by atoms with Crippen molar-refractivity contribution in [3.63, 3.8) is 0 Å². The second-order valence-corrected chi connectivity index (χ2v) is 7.31. The van der Waals surface area contributed by atoms with Crippen LogP contribution < -0.4 is 5.73 Å². The van der Waals surface area contributed by atoms with E-state index in [1.165, 1.54) is 45.6 Å². The molecule has 3 nitrogen and oxygen atoms in total. The molecule has 1 saturated heterocycles. The van der Waals surface area contributed by atoms with Crippen molar-refractivity contribution < 1.29 is 0 Å². The van der Waals surface area contributed by atoms with Crippen molar-refractivity contribution in [2.75, 3.05) is 32.7 Å². The van der Waals surface area contributed by atoms with Crippen molar-refractivity contribution in [1.82, 2.24) is 9.80 Å². The summed E-state index contributed by atoms with van der Waals surface area (Å²) >= 11 is 0. The molecule has 2 aliphatic rings. The van der Waals surface area contributed by atoms with Gasteiger partial charge >= 0.3 is 0 Å². The predicted octanol–water partition coefficient (Wildman–Crippen LogP) is 2.02. The van der Waals surface area contributed by atoms with Crippen LogP contribution in [0.3, 0.4) is 0 Å². The molecule has 19 heavy (non-hydrogen) atoms. The van der Waals surface area contributed by atoms with Crippen molar-refractivity contribution in [3.8, 4) is 0 Å². The van der Waals surface area contributed by atoms with Gasteiger partial charge in [0.15, 0.2) is 0 Å². The highest BCUT2D eigenvalue weighted by Crippen LogP contribution is 2.33. The van der Waals surface area contributed by atoms with Crippen LogP contribution in [0.5, 0.6) is 0 Å². The fourth-order valence-electron chi connectivity index (χ4n) is 4.04. The van der Waals surface area contributed by atoms with Gasteiger partial charge in [-0.3, -0.25) is 4.90 Å². The third kappa shape index (κ3) is 3.93. The van der Waals surface area contributed by atoms with Gasteiger partial charge in [-0.25, -0.2) is 0 Å². The maximum absolute atomic E-state index is 6.42. The standard InChI is InChI=1S/C16H33N3/c1-12(2)19-7-5-18(6-8-19)11-15-14(4)9-13(3)10-16(15)17/h12-16H,5-11,17H2,1-4H3. The Kier molecular flexibility index (Phi) is 5.27. The fraction of sp³-hybridized carbons (Fsp3) is 1.00. The molecule has 1 aliphatic heterocycles. The molecule has 3 heteroatoms. The van der Waals surface area contributed by atoms with Crippen LogP contribution in [0.15, 0.2) is 0 Å². The Morgan fingerprint density at radius 3 is 2.21 bits per heavy atom. The van der Waals surface area contributed by atoms with E-state index in [1.54, 1.807) is 0 Å². The van der Waals surface area contributed by atoms with Gasteiger partial charge in [0.1, 0.15) is 0 Å². The number of rotatable bonds is 3. The molecule has 2 rings (SSSR count). The van der Waals surface area contributed by atoms with E-state index in [4.69, 9.17) is 5.73 Å². The normalized spacial score (nSPS) is 38.8. The lowest BCUT2D eigenvalue weighted by Crippen LogP contribution is -2.53. The van der Waals surface area contributed by atoms with E-state index in [-0.39, 0.29) is 0 Å². The SMILES string of the molecule is CC1CC(C)C(CN2CCN(C(C)C)CC2)C(N)C1. The average Bonchev–Trinajstić information content (AvgIpc) is 2.34. The van der Waals surface area contributed by atoms with E-state index in [0.717, 1.165) is 11.8 Å². The maximum atomic E-state index is 6.42. The Morgan fingerprint density at radius 2 is 1.68 bits per heavy atom. The molecular weight excluding hydrogens is 234 g/mol. The summed E-state index contributed by atoms with van der Waals surface area (Å²) in [5.74, 6) is 2.32. The van der Waals surface area contributed by atoms with E-state index in [2.05, 4.69) is 37.5 Å². The molecule has 1 heterocycles. The van der Waals surface area contributed by atoms with Gasteiger partial charge in [-0.2, -0.15) is 0 Å². The summed E-state index contributed by atoms with van der Waals surface area (Å²) in [6.07, 6.45) is 2.59. The molecule has 2 N–H and O–H groups in total. The molecule has 0 aromatic carbocycles. The topological polar surface area (TPSA) is 32.5 Å². The second-order valence-electron chi connectivity index (χ2n) is 7.31. The van der Waals surface area contributed by atoms with Crippen LogP contribution >= 0.6 is 0 Å². The van der Waals surface area contributed by atoms with Crippen LogP contribution in [0.4, 0.5) is 0 Å². The molecule has 112 valence electrons. The lowest BCUT2D eigenvalue weighted by atomic mass is 9.72. The monoisotopic (exact) mass is 267 g/mol. The Balaban J connectivity index is 1.81. The highest BCUT2D eigenvalue weighted by atomic mass is 15.3. The fourth-order valence-corrected chi connectivity index (χ4v) is 4.04. The van der Waals surface area contributed by atoms with Crippen LogP contribution in [0.25, 0.3) is 0 Å². The van der Waals surface area contributed by atoms with E-state index < -0.39 is 0 Å². The van der Waals surface area contributed by atoms with Gasteiger partial charge in [-0.1, -0.05) is 13.8 Å². The van der Waals surface area contributed by atoms with Crippen LogP contribution in [-0.2, 0) is 0 Å². The zero-order valence-corrected chi connectivity index (χ0v) is 13.3. The summed E-state index contributed by atoms with van der Waals surface area (Å²) < 4.78 is 0. The van der Waals surface area contributed by atoms with Gasteiger partial charge < -0.3 is 10.6 Å². The molecular formula is C16H33N3. The minimum absolute atomic E-state index is 0.418. The minimum atomic E-state index is 0.418. The molecule has 0 radical (unpaired) electrons. The maximum Gasteiger partial charge on any atom is 0.0113 e. The van der Waals surface area contributed by atoms with Crippen LogP contribution in [0.1, 0.15) is 40.5 Å². The van der Waals surface area contributed by atoms with E-state index in [9.17, 15) is 0 Å². The molecule has 0 amide bonds. The van der Waals surface area contributed by atoms with Crippen molar-refractivity contribution in [3.05, 3.63) is 0 Å². The summed E-state index contributed by atoms with van der Waals surface area (Å²) in [5.41, 5.74) is 6.42. The van der Waals surface area contributed by atoms with Gasteiger partial charge in [-0.05, 0) is 44.4 Å². The van der Waals surface area contributed by atoms with Crippen molar-refractivity contribution in [2.24, 2.45) is 23.5 Å². The Hall–Kier alpha value is -0.120. The number of nitrogens with two attached hydrogens (primary N) is 1. The highest BCUT2D eigenvalue weighted by Gasteiger charge is 2.33. The zero-order chi connectivity index (χ0) is 14.0. The highest BCUT2D eigenvalue weighted by molar-refractivity contribution is 4.88. The molecule has 0 aromatic heterocycles. The zero-order valence-electron chi connectivity index (χ0n) is 13.3. The summed E-state index contributed by atoms with van der Waals surface area (Å²) in [7, 11) is 0. The number of hydrogen-bond acceptors (Lipinski definition) is 3. The molecule has 4 unspecified atom stereocenters. The Labute approximate surface area is 119 Å². The first-order chi connectivity index (χ1) is 8.97. The third-order valence-electron chi connectivity index (χ3n) is 5.34. The number of nitrogens with zero attached hydrogens (tertiary/aromatic N) is 2. The molecule has 2 fully saturated rings. The first-order valence-electron chi connectivity index (χ1n) is 8.19. The van der Waals surface area contributed by atoms with Crippen molar-refractivity contribution in [1.29, 1.82) is 0 Å². The lowest BCUT2D eigenvalue weighted by molar-refractivity contribution is 0.0662. The first kappa shape index (κ1) is 15.3. The van der Waals surface area contributed by atoms with Gasteiger partial charge in [0.25, 0.3) is 0 Å². The molecule has 0 aromatic rings. The molecule has 4 atom stereocenters.